The summed E-state index contributed by atoms with van der Waals surface area (Å²) < 4.78 is 77.2. The monoisotopic (exact) mass is 926 g/mol. The predicted octanol–water partition coefficient (Wildman–Crippen LogP) is 9.02. The van der Waals surface area contributed by atoms with Crippen LogP contribution in [0.3, 0.4) is 0 Å². The second-order valence-electron chi connectivity index (χ2n) is 16.4. The summed E-state index contributed by atoms with van der Waals surface area (Å²) in [4.78, 5) is 67.6. The van der Waals surface area contributed by atoms with E-state index in [-0.39, 0.29) is 38.2 Å². The molecule has 2 atom stereocenters. The smallest absolute Gasteiger partial charge is 0.407 e. The molecule has 0 saturated carbocycles. The van der Waals surface area contributed by atoms with Gasteiger partial charge in [-0.25, -0.2) is 22.9 Å². The van der Waals surface area contributed by atoms with Gasteiger partial charge in [0, 0.05) is 30.5 Å². The van der Waals surface area contributed by atoms with Gasteiger partial charge in [-0.3, -0.25) is 19.2 Å². The van der Waals surface area contributed by atoms with Crippen LogP contribution in [0.4, 0.5) is 38.3 Å². The third-order valence-electron chi connectivity index (χ3n) is 10.8. The van der Waals surface area contributed by atoms with Crippen molar-refractivity contribution in [2.24, 2.45) is 5.92 Å². The number of nitrogen functional groups attached to an aromatic ring is 1. The van der Waals surface area contributed by atoms with Gasteiger partial charge in [-0.2, -0.15) is 8.78 Å². The molecule has 6 N–H and O–H groups in total. The number of hydrogen-bond donors (Lipinski definition) is 5. The van der Waals surface area contributed by atoms with E-state index in [0.717, 1.165) is 67.8 Å². The zero-order valence-corrected chi connectivity index (χ0v) is 37.7. The van der Waals surface area contributed by atoms with Crippen molar-refractivity contribution in [3.05, 3.63) is 94.3 Å². The number of amides is 4. The number of nitrogens with two attached hydrogens (primary N) is 1. The van der Waals surface area contributed by atoms with Gasteiger partial charge < -0.3 is 36.5 Å². The van der Waals surface area contributed by atoms with E-state index < -0.39 is 83.1 Å². The zero-order chi connectivity index (χ0) is 48.3. The number of ether oxygens (including phenoxy) is 2. The second kappa shape index (κ2) is 26.0. The SMILES string of the molecule is CCCCCc1cc2c(CCCCCNC(=O)OCc3ccc(NC(=O)C(C)NC(=O)[C@@H](NC(=O)CCCCCC(=O)Oc4c(F)c(F)c(F)c(F)c4F)C(C)C)cc3)cccc2nc1N. The van der Waals surface area contributed by atoms with Crippen molar-refractivity contribution >= 4 is 52.2 Å². The highest BCUT2D eigenvalue weighted by molar-refractivity contribution is 5.98. The molecule has 0 fully saturated rings. The van der Waals surface area contributed by atoms with E-state index in [1.165, 1.54) is 12.5 Å². The number of pyridine rings is 1. The Morgan fingerprint density at radius 1 is 0.712 bits per heavy atom. The molecule has 0 bridgehead atoms. The number of anilines is 2. The number of nitrogens with zero attached hydrogens (tertiary/aromatic N) is 1. The Kier molecular flexibility index (Phi) is 20.6. The van der Waals surface area contributed by atoms with Gasteiger partial charge in [-0.05, 0) is 98.7 Å². The summed E-state index contributed by atoms with van der Waals surface area (Å²) in [6.07, 6.45) is 7.37. The number of carbonyl (C=O) groups excluding carboxylic acids is 5. The quantitative estimate of drug-likeness (QED) is 0.0108. The number of benzene rings is 3. The van der Waals surface area contributed by atoms with E-state index in [2.05, 4.69) is 50.0 Å². The molecule has 0 spiro atoms. The molecule has 0 aliphatic rings. The van der Waals surface area contributed by atoms with Crippen LogP contribution in [-0.2, 0) is 43.4 Å². The number of carbonyl (C=O) groups is 5. The maximum absolute atomic E-state index is 13.8. The van der Waals surface area contributed by atoms with Gasteiger partial charge in [0.1, 0.15) is 24.5 Å². The Morgan fingerprint density at radius 3 is 2.03 bits per heavy atom. The molecule has 1 aromatic heterocycles. The number of nitrogens with one attached hydrogen (secondary N) is 4. The van der Waals surface area contributed by atoms with Crippen molar-refractivity contribution in [2.75, 3.05) is 17.6 Å². The Bertz CT molecular complexity index is 2290. The summed E-state index contributed by atoms with van der Waals surface area (Å²) >= 11 is 0. The highest BCUT2D eigenvalue weighted by Crippen LogP contribution is 2.30. The lowest BCUT2D eigenvalue weighted by molar-refractivity contribution is -0.135. The summed E-state index contributed by atoms with van der Waals surface area (Å²) in [5.74, 6) is -15.7. The number of halogens is 5. The number of fused-ring (bicyclic) bond motifs is 1. The number of unbranched alkanes of at least 4 members (excludes halogenated alkanes) is 6. The Balaban J connectivity index is 1.10. The van der Waals surface area contributed by atoms with Gasteiger partial charge in [-0.1, -0.05) is 70.7 Å². The van der Waals surface area contributed by atoms with E-state index in [1.807, 2.05) is 12.1 Å². The van der Waals surface area contributed by atoms with Gasteiger partial charge in [-0.15, -0.1) is 0 Å². The highest BCUT2D eigenvalue weighted by Gasteiger charge is 2.29. The molecule has 4 aromatic rings. The van der Waals surface area contributed by atoms with E-state index >= 15 is 0 Å². The van der Waals surface area contributed by atoms with Crippen LogP contribution >= 0.6 is 0 Å². The molecule has 13 nitrogen and oxygen atoms in total. The molecule has 0 saturated heterocycles. The molecule has 3 aromatic carbocycles. The third-order valence-corrected chi connectivity index (χ3v) is 10.8. The van der Waals surface area contributed by atoms with Crippen LogP contribution in [0, 0.1) is 35.0 Å². The van der Waals surface area contributed by atoms with Crippen LogP contribution < -0.4 is 31.7 Å². The first kappa shape index (κ1) is 52.3. The molecule has 18 heteroatoms. The lowest BCUT2D eigenvalue weighted by atomic mass is 9.99. The van der Waals surface area contributed by atoms with Crippen molar-refractivity contribution in [1.82, 2.24) is 20.9 Å². The molecule has 0 aliphatic heterocycles. The van der Waals surface area contributed by atoms with Crippen molar-refractivity contribution in [3.8, 4) is 5.75 Å². The standard InChI is InChI=1S/C48H59F5N6O7/c1-5-6-9-16-32-26-34-31(17-14-18-35(34)58-45(32)54)15-10-8-13-25-55-48(64)65-27-30-21-23-33(24-22-30)57-46(62)29(4)56-47(63)43(28(2)3)59-36(60)19-11-7-12-20-37(61)66-44-41(52)39(50)38(49)40(51)42(44)53/h14,17-18,21-24,26,28-29,43H,5-13,15-16,19-20,25,27H2,1-4H3,(H2,54,58)(H,55,64)(H,56,63)(H,57,62)(H,59,60)/t29?,43-/m0/s1. The van der Waals surface area contributed by atoms with Crippen LogP contribution in [0.1, 0.15) is 115 Å². The van der Waals surface area contributed by atoms with Crippen molar-refractivity contribution in [3.63, 3.8) is 0 Å². The average molecular weight is 927 g/mol. The minimum Gasteiger partial charge on any atom is -0.445 e. The Hall–Kier alpha value is -6.33. The second-order valence-corrected chi connectivity index (χ2v) is 16.4. The van der Waals surface area contributed by atoms with Gasteiger partial charge in [0.2, 0.25) is 52.6 Å². The van der Waals surface area contributed by atoms with E-state index in [4.69, 9.17) is 10.5 Å². The topological polar surface area (TPSA) is 191 Å². The lowest BCUT2D eigenvalue weighted by Gasteiger charge is -2.24. The minimum absolute atomic E-state index is 0.0134. The van der Waals surface area contributed by atoms with E-state index in [1.54, 1.807) is 38.1 Å². The molecular formula is C48H59F5N6O7. The van der Waals surface area contributed by atoms with Gasteiger partial charge >= 0.3 is 12.1 Å². The minimum atomic E-state index is -2.38. The molecule has 1 unspecified atom stereocenters. The first-order valence-corrected chi connectivity index (χ1v) is 22.3. The van der Waals surface area contributed by atoms with E-state index in [9.17, 15) is 45.9 Å². The molecule has 358 valence electrons. The average Bonchev–Trinajstić information content (AvgIpc) is 3.29. The molecule has 4 rings (SSSR count). The summed E-state index contributed by atoms with van der Waals surface area (Å²) in [6, 6.07) is 13.0. The van der Waals surface area contributed by atoms with Gasteiger partial charge in [0.25, 0.3) is 0 Å². The normalized spacial score (nSPS) is 12.1. The summed E-state index contributed by atoms with van der Waals surface area (Å²) in [5.41, 5.74) is 10.6. The lowest BCUT2D eigenvalue weighted by Crippen LogP contribution is -2.53. The number of esters is 1. The first-order chi connectivity index (χ1) is 31.5. The molecule has 4 amide bonds. The number of aromatic nitrogens is 1. The molecule has 0 aliphatic carbocycles. The fraction of sp³-hybridized carbons (Fsp3) is 0.458. The number of rotatable bonds is 25. The maximum atomic E-state index is 13.8. The first-order valence-electron chi connectivity index (χ1n) is 22.3. The fourth-order valence-corrected chi connectivity index (χ4v) is 6.96. The van der Waals surface area contributed by atoms with E-state index in [0.29, 0.717) is 23.6 Å². The van der Waals surface area contributed by atoms with Gasteiger partial charge in [0.15, 0.2) is 0 Å². The Labute approximate surface area is 381 Å². The Morgan fingerprint density at radius 2 is 1.35 bits per heavy atom. The molecular weight excluding hydrogens is 868 g/mol. The van der Waals surface area contributed by atoms with Crippen molar-refractivity contribution in [1.29, 1.82) is 0 Å². The largest absolute Gasteiger partial charge is 0.445 e. The molecule has 1 heterocycles. The van der Waals surface area contributed by atoms with Crippen LogP contribution in [0.2, 0.25) is 0 Å². The summed E-state index contributed by atoms with van der Waals surface area (Å²) in [7, 11) is 0. The highest BCUT2D eigenvalue weighted by atomic mass is 19.2. The summed E-state index contributed by atoms with van der Waals surface area (Å²) in [6.45, 7) is 7.55. The zero-order valence-electron chi connectivity index (χ0n) is 37.7. The number of aryl methyl sites for hydroxylation is 2. The van der Waals surface area contributed by atoms with Crippen LogP contribution in [0.25, 0.3) is 10.9 Å². The third kappa shape index (κ3) is 15.7. The summed E-state index contributed by atoms with van der Waals surface area (Å²) in [5, 5.41) is 11.9. The van der Waals surface area contributed by atoms with Crippen LogP contribution in [0.5, 0.6) is 5.75 Å². The maximum Gasteiger partial charge on any atom is 0.407 e. The van der Waals surface area contributed by atoms with Crippen LogP contribution in [-0.4, -0.2) is 53.4 Å². The van der Waals surface area contributed by atoms with Crippen molar-refractivity contribution < 1.29 is 55.4 Å². The molecule has 0 radical (unpaired) electrons. The number of alkyl carbamates (subject to hydrolysis) is 1. The van der Waals surface area contributed by atoms with Gasteiger partial charge in [0.05, 0.1) is 5.52 Å². The number of hydrogen-bond acceptors (Lipinski definition) is 9. The van der Waals surface area contributed by atoms with Crippen LogP contribution in [0.15, 0.2) is 48.5 Å². The van der Waals surface area contributed by atoms with Crippen molar-refractivity contribution in [2.45, 2.75) is 130 Å². The fourth-order valence-electron chi connectivity index (χ4n) is 6.96. The molecule has 66 heavy (non-hydrogen) atoms. The predicted molar refractivity (Wildman–Crippen MR) is 240 cm³/mol.